The Balaban J connectivity index is 3.81. The van der Waals surface area contributed by atoms with Crippen molar-refractivity contribution in [2.75, 3.05) is 0 Å². The molecule has 6 heteroatoms. The van der Waals surface area contributed by atoms with Gasteiger partial charge in [0.15, 0.2) is 0 Å². The van der Waals surface area contributed by atoms with Crippen LogP contribution in [0.1, 0.15) is 32.6 Å². The Hall–Kier alpha value is -1.59. The SMILES string of the molecule is CCCCC/C=N/C(N)=N\C(N)=N\N. The Labute approximate surface area is 84.0 Å². The van der Waals surface area contributed by atoms with Crippen molar-refractivity contribution in [2.24, 2.45) is 32.4 Å². The molecule has 0 aromatic carbocycles. The van der Waals surface area contributed by atoms with Gasteiger partial charge in [0.25, 0.3) is 0 Å². The molecule has 6 nitrogen and oxygen atoms in total. The normalized spacial score (nSPS) is 13.8. The summed E-state index contributed by atoms with van der Waals surface area (Å²) in [5.41, 5.74) is 10.6. The van der Waals surface area contributed by atoms with Crippen LogP contribution in [0.25, 0.3) is 0 Å². The van der Waals surface area contributed by atoms with Gasteiger partial charge in [-0.05, 0) is 12.8 Å². The molecule has 14 heavy (non-hydrogen) atoms. The van der Waals surface area contributed by atoms with Crippen molar-refractivity contribution in [3.8, 4) is 0 Å². The fourth-order valence-corrected chi connectivity index (χ4v) is 0.819. The fourth-order valence-electron chi connectivity index (χ4n) is 0.819. The van der Waals surface area contributed by atoms with Crippen LogP contribution in [0.5, 0.6) is 0 Å². The maximum Gasteiger partial charge on any atom is 0.240 e. The van der Waals surface area contributed by atoms with E-state index in [2.05, 4.69) is 22.0 Å². The molecule has 0 spiro atoms. The molecule has 0 unspecified atom stereocenters. The van der Waals surface area contributed by atoms with Gasteiger partial charge >= 0.3 is 0 Å². The van der Waals surface area contributed by atoms with Gasteiger partial charge in [-0.15, -0.1) is 5.10 Å². The van der Waals surface area contributed by atoms with E-state index in [1.54, 1.807) is 6.21 Å². The quantitative estimate of drug-likeness (QED) is 0.196. The van der Waals surface area contributed by atoms with Crippen LogP contribution in [0, 0.1) is 0 Å². The van der Waals surface area contributed by atoms with Crippen molar-refractivity contribution >= 4 is 18.1 Å². The Morgan fingerprint density at radius 2 is 1.93 bits per heavy atom. The zero-order valence-electron chi connectivity index (χ0n) is 8.48. The largest absolute Gasteiger partial charge is 0.368 e. The molecule has 0 aliphatic carbocycles. The van der Waals surface area contributed by atoms with Crippen LogP contribution in [0.4, 0.5) is 0 Å². The minimum atomic E-state index is -0.0757. The predicted molar refractivity (Wildman–Crippen MR) is 60.1 cm³/mol. The standard InChI is InChI=1S/C8H18N6/c1-2-3-4-5-6-12-7(9)13-8(10)14-11/h6H,2-5,11H2,1H3,(H4,9,10,13,14)/b12-6+. The van der Waals surface area contributed by atoms with Crippen molar-refractivity contribution in [1.82, 2.24) is 0 Å². The average Bonchev–Trinajstić information content (AvgIpc) is 2.17. The van der Waals surface area contributed by atoms with E-state index in [0.717, 1.165) is 12.8 Å². The monoisotopic (exact) mass is 198 g/mol. The molecular weight excluding hydrogens is 180 g/mol. The van der Waals surface area contributed by atoms with Crippen LogP contribution in [-0.2, 0) is 0 Å². The molecule has 0 aliphatic rings. The van der Waals surface area contributed by atoms with Crippen molar-refractivity contribution in [3.05, 3.63) is 0 Å². The van der Waals surface area contributed by atoms with E-state index in [1.807, 2.05) is 0 Å². The van der Waals surface area contributed by atoms with Crippen molar-refractivity contribution < 1.29 is 0 Å². The smallest absolute Gasteiger partial charge is 0.240 e. The number of unbranched alkanes of at least 4 members (excludes halogenated alkanes) is 3. The van der Waals surface area contributed by atoms with Gasteiger partial charge in [-0.2, -0.15) is 4.99 Å². The second-order valence-corrected chi connectivity index (χ2v) is 2.76. The van der Waals surface area contributed by atoms with Crippen LogP contribution < -0.4 is 17.3 Å². The third kappa shape index (κ3) is 7.08. The molecule has 0 aromatic rings. The number of hydrogen-bond donors (Lipinski definition) is 3. The highest BCUT2D eigenvalue weighted by Gasteiger charge is 1.89. The van der Waals surface area contributed by atoms with E-state index in [9.17, 15) is 0 Å². The molecule has 0 aromatic heterocycles. The Bertz CT molecular complexity index is 230. The Morgan fingerprint density at radius 1 is 1.21 bits per heavy atom. The summed E-state index contributed by atoms with van der Waals surface area (Å²) in [4.78, 5) is 7.48. The molecule has 80 valence electrons. The molecule has 0 fully saturated rings. The molecule has 0 heterocycles. The number of nitrogens with two attached hydrogens (primary N) is 3. The third-order valence-electron chi connectivity index (χ3n) is 1.52. The average molecular weight is 198 g/mol. The summed E-state index contributed by atoms with van der Waals surface area (Å²) < 4.78 is 0. The number of guanidine groups is 2. The van der Waals surface area contributed by atoms with E-state index in [1.165, 1.54) is 12.8 Å². The summed E-state index contributed by atoms with van der Waals surface area (Å²) in [6, 6.07) is 0. The lowest BCUT2D eigenvalue weighted by atomic mass is 10.2. The zero-order valence-corrected chi connectivity index (χ0v) is 8.48. The first-order valence-corrected chi connectivity index (χ1v) is 4.60. The fraction of sp³-hybridized carbons (Fsp3) is 0.625. The lowest BCUT2D eigenvalue weighted by Gasteiger charge is -1.93. The highest BCUT2D eigenvalue weighted by atomic mass is 15.2. The molecule has 0 atom stereocenters. The first kappa shape index (κ1) is 12.4. The number of hydrogen-bond acceptors (Lipinski definition) is 2. The van der Waals surface area contributed by atoms with Crippen LogP contribution in [-0.4, -0.2) is 18.1 Å². The van der Waals surface area contributed by atoms with Crippen molar-refractivity contribution in [2.45, 2.75) is 32.6 Å². The lowest BCUT2D eigenvalue weighted by Crippen LogP contribution is -2.18. The lowest BCUT2D eigenvalue weighted by molar-refractivity contribution is 0.746. The number of hydrazone groups is 1. The highest BCUT2D eigenvalue weighted by Crippen LogP contribution is 1.95. The van der Waals surface area contributed by atoms with Crippen LogP contribution in [0.3, 0.4) is 0 Å². The van der Waals surface area contributed by atoms with Gasteiger partial charge in [-0.1, -0.05) is 19.8 Å². The first-order valence-electron chi connectivity index (χ1n) is 4.60. The third-order valence-corrected chi connectivity index (χ3v) is 1.52. The minimum Gasteiger partial charge on any atom is -0.368 e. The van der Waals surface area contributed by atoms with E-state index in [-0.39, 0.29) is 11.9 Å². The summed E-state index contributed by atoms with van der Waals surface area (Å²) in [5, 5.41) is 3.14. The van der Waals surface area contributed by atoms with E-state index in [4.69, 9.17) is 17.3 Å². The molecule has 0 radical (unpaired) electrons. The summed E-state index contributed by atoms with van der Waals surface area (Å²) in [6.45, 7) is 2.14. The molecule has 6 N–H and O–H groups in total. The second kappa shape index (κ2) is 8.03. The van der Waals surface area contributed by atoms with E-state index < -0.39 is 0 Å². The van der Waals surface area contributed by atoms with Crippen LogP contribution in [0.15, 0.2) is 15.1 Å². The van der Waals surface area contributed by atoms with Gasteiger partial charge in [-0.25, -0.2) is 4.99 Å². The predicted octanol–water partition coefficient (Wildman–Crippen LogP) is 0.141. The number of rotatable bonds is 4. The molecule has 0 rings (SSSR count). The second-order valence-electron chi connectivity index (χ2n) is 2.76. The molecule has 0 saturated heterocycles. The van der Waals surface area contributed by atoms with Crippen LogP contribution in [0.2, 0.25) is 0 Å². The summed E-state index contributed by atoms with van der Waals surface area (Å²) in [7, 11) is 0. The first-order chi connectivity index (χ1) is 6.70. The van der Waals surface area contributed by atoms with Gasteiger partial charge in [0.2, 0.25) is 11.9 Å². The van der Waals surface area contributed by atoms with Gasteiger partial charge in [0.05, 0.1) is 0 Å². The van der Waals surface area contributed by atoms with E-state index >= 15 is 0 Å². The molecule has 0 bridgehead atoms. The summed E-state index contributed by atoms with van der Waals surface area (Å²) in [5.74, 6) is 4.86. The highest BCUT2D eigenvalue weighted by molar-refractivity contribution is 5.96. The number of aliphatic imine (C=N–C) groups is 2. The van der Waals surface area contributed by atoms with Gasteiger partial charge < -0.3 is 17.3 Å². The minimum absolute atomic E-state index is 0.0757. The Kier molecular flexibility index (Phi) is 7.12. The molecule has 0 amide bonds. The zero-order chi connectivity index (χ0) is 10.8. The van der Waals surface area contributed by atoms with E-state index in [0.29, 0.717) is 0 Å². The summed E-state index contributed by atoms with van der Waals surface area (Å²) >= 11 is 0. The van der Waals surface area contributed by atoms with Gasteiger partial charge in [-0.3, -0.25) is 0 Å². The van der Waals surface area contributed by atoms with Gasteiger partial charge in [0.1, 0.15) is 0 Å². The topological polar surface area (TPSA) is 115 Å². The van der Waals surface area contributed by atoms with Crippen LogP contribution >= 0.6 is 0 Å². The Morgan fingerprint density at radius 3 is 2.50 bits per heavy atom. The van der Waals surface area contributed by atoms with Crippen molar-refractivity contribution in [1.29, 1.82) is 0 Å². The molecule has 0 aliphatic heterocycles. The summed E-state index contributed by atoms with van der Waals surface area (Å²) in [6.07, 6.45) is 6.09. The molecular formula is C8H18N6. The maximum atomic E-state index is 5.40. The maximum absolute atomic E-state index is 5.40. The molecule has 0 saturated carbocycles. The van der Waals surface area contributed by atoms with Crippen molar-refractivity contribution in [3.63, 3.8) is 0 Å². The number of nitrogens with zero attached hydrogens (tertiary/aromatic N) is 3. The van der Waals surface area contributed by atoms with Gasteiger partial charge in [0, 0.05) is 6.21 Å².